The molecule has 0 bridgehead atoms. The van der Waals surface area contributed by atoms with Crippen molar-refractivity contribution in [3.8, 4) is 11.5 Å². The first-order valence-corrected chi connectivity index (χ1v) is 11.4. The minimum atomic E-state index is -0.391. The van der Waals surface area contributed by atoms with Gasteiger partial charge in [-0.15, -0.1) is 0 Å². The lowest BCUT2D eigenvalue weighted by Crippen LogP contribution is -2.08. The highest BCUT2D eigenvalue weighted by Gasteiger charge is 2.09. The normalized spacial score (nSPS) is 10.9. The molecular weight excluding hydrogens is 398 g/mol. The van der Waals surface area contributed by atoms with Gasteiger partial charge in [0.15, 0.2) is 0 Å². The first kappa shape index (κ1) is 23.3. The summed E-state index contributed by atoms with van der Waals surface area (Å²) in [4.78, 5) is 16.8. The smallest absolute Gasteiger partial charge is 0.343 e. The van der Waals surface area contributed by atoms with Crippen molar-refractivity contribution in [2.75, 3.05) is 6.61 Å². The summed E-state index contributed by atoms with van der Waals surface area (Å²) in [5, 5.41) is 0. The van der Waals surface area contributed by atoms with E-state index >= 15 is 0 Å². The van der Waals surface area contributed by atoms with Crippen LogP contribution >= 0.6 is 0 Å². The van der Waals surface area contributed by atoms with Crippen LogP contribution in [0.15, 0.2) is 83.9 Å². The predicted molar refractivity (Wildman–Crippen MR) is 130 cm³/mol. The molecule has 4 heteroatoms. The zero-order valence-corrected chi connectivity index (χ0v) is 18.7. The zero-order valence-electron chi connectivity index (χ0n) is 18.7. The Morgan fingerprint density at radius 1 is 0.781 bits per heavy atom. The molecule has 3 aromatic carbocycles. The number of esters is 1. The molecule has 0 fully saturated rings. The van der Waals surface area contributed by atoms with Crippen LogP contribution in [0.2, 0.25) is 0 Å². The molecule has 0 saturated heterocycles. The lowest BCUT2D eigenvalue weighted by molar-refractivity contribution is 0.0734. The van der Waals surface area contributed by atoms with Crippen molar-refractivity contribution in [1.29, 1.82) is 0 Å². The fraction of sp³-hybridized carbons (Fsp3) is 0.286. The van der Waals surface area contributed by atoms with Crippen LogP contribution in [0.3, 0.4) is 0 Å². The van der Waals surface area contributed by atoms with Crippen molar-refractivity contribution >= 4 is 17.9 Å². The number of unbranched alkanes of at least 4 members (excludes halogenated alkanes) is 5. The molecule has 0 aliphatic heterocycles. The van der Waals surface area contributed by atoms with E-state index in [2.05, 4.69) is 11.9 Å². The van der Waals surface area contributed by atoms with Crippen LogP contribution < -0.4 is 9.47 Å². The van der Waals surface area contributed by atoms with Gasteiger partial charge in [0.05, 0.1) is 17.9 Å². The number of rotatable bonds is 12. The number of carbonyl (C=O) groups is 1. The van der Waals surface area contributed by atoms with Gasteiger partial charge in [-0.1, -0.05) is 57.2 Å². The Balaban J connectivity index is 1.43. The third kappa shape index (κ3) is 8.03. The summed E-state index contributed by atoms with van der Waals surface area (Å²) in [6, 6.07) is 24.1. The third-order valence-corrected chi connectivity index (χ3v) is 5.07. The monoisotopic (exact) mass is 429 g/mol. The summed E-state index contributed by atoms with van der Waals surface area (Å²) in [6.07, 6.45) is 9.18. The van der Waals surface area contributed by atoms with Crippen molar-refractivity contribution in [3.05, 3.63) is 90.0 Å². The molecular formula is C28H31NO3. The summed E-state index contributed by atoms with van der Waals surface area (Å²) >= 11 is 0. The molecule has 32 heavy (non-hydrogen) atoms. The Kier molecular flexibility index (Phi) is 9.53. The molecule has 0 aliphatic rings. The van der Waals surface area contributed by atoms with Crippen molar-refractivity contribution in [3.63, 3.8) is 0 Å². The average molecular weight is 430 g/mol. The van der Waals surface area contributed by atoms with Crippen LogP contribution in [0.25, 0.3) is 0 Å². The number of para-hydroxylation sites is 1. The fourth-order valence-corrected chi connectivity index (χ4v) is 3.21. The number of hydrogen-bond donors (Lipinski definition) is 0. The number of carbonyl (C=O) groups excluding carboxylic acids is 1. The molecule has 0 unspecified atom stereocenters. The Hall–Kier alpha value is -3.40. The lowest BCUT2D eigenvalue weighted by atomic mass is 10.1. The number of benzene rings is 3. The average Bonchev–Trinajstić information content (AvgIpc) is 2.84. The third-order valence-electron chi connectivity index (χ3n) is 5.07. The van der Waals surface area contributed by atoms with E-state index in [0.717, 1.165) is 23.4 Å². The Morgan fingerprint density at radius 2 is 1.44 bits per heavy atom. The van der Waals surface area contributed by atoms with Gasteiger partial charge in [0.2, 0.25) is 0 Å². The van der Waals surface area contributed by atoms with Crippen molar-refractivity contribution in [1.82, 2.24) is 0 Å². The minimum absolute atomic E-state index is 0.391. The van der Waals surface area contributed by atoms with Gasteiger partial charge in [-0.3, -0.25) is 4.99 Å². The molecule has 0 aliphatic carbocycles. The van der Waals surface area contributed by atoms with E-state index in [4.69, 9.17) is 9.47 Å². The van der Waals surface area contributed by atoms with Crippen LogP contribution in [-0.4, -0.2) is 18.8 Å². The van der Waals surface area contributed by atoms with Crippen LogP contribution in [0.5, 0.6) is 11.5 Å². The van der Waals surface area contributed by atoms with Gasteiger partial charge in [-0.05, 0) is 72.6 Å². The van der Waals surface area contributed by atoms with Gasteiger partial charge in [-0.25, -0.2) is 4.79 Å². The van der Waals surface area contributed by atoms with Crippen LogP contribution in [0, 0.1) is 0 Å². The summed E-state index contributed by atoms with van der Waals surface area (Å²) < 4.78 is 11.2. The number of ether oxygens (including phenoxy) is 2. The summed E-state index contributed by atoms with van der Waals surface area (Å²) in [5.74, 6) is 0.880. The number of nitrogens with zero attached hydrogens (tertiary/aromatic N) is 1. The zero-order chi connectivity index (χ0) is 22.4. The quantitative estimate of drug-likeness (QED) is 0.130. The molecule has 0 saturated carbocycles. The van der Waals surface area contributed by atoms with Gasteiger partial charge < -0.3 is 9.47 Å². The molecule has 0 atom stereocenters. The molecule has 166 valence electrons. The standard InChI is InChI=1S/C28H31NO3/c1-2-3-4-5-6-10-21-31-26-19-15-24(16-20-26)28(30)32-27-17-13-23(14-18-27)22-29-25-11-8-7-9-12-25/h7-9,11-20,22H,2-6,10,21H2,1H3. The maximum atomic E-state index is 12.4. The Bertz CT molecular complexity index is 964. The Morgan fingerprint density at radius 3 is 2.16 bits per heavy atom. The van der Waals surface area contributed by atoms with Gasteiger partial charge >= 0.3 is 5.97 Å². The lowest BCUT2D eigenvalue weighted by Gasteiger charge is -2.08. The van der Waals surface area contributed by atoms with E-state index in [1.54, 1.807) is 30.5 Å². The molecule has 3 rings (SSSR count). The largest absolute Gasteiger partial charge is 0.494 e. The van der Waals surface area contributed by atoms with Crippen LogP contribution in [0.4, 0.5) is 5.69 Å². The second-order valence-corrected chi connectivity index (χ2v) is 7.69. The van der Waals surface area contributed by atoms with E-state index < -0.39 is 5.97 Å². The molecule has 0 heterocycles. The molecule has 0 N–H and O–H groups in total. The SMILES string of the molecule is CCCCCCCCOc1ccc(C(=O)Oc2ccc(C=Nc3ccccc3)cc2)cc1. The molecule has 0 radical (unpaired) electrons. The van der Waals surface area contributed by atoms with E-state index in [-0.39, 0.29) is 0 Å². The first-order chi connectivity index (χ1) is 15.7. The first-order valence-electron chi connectivity index (χ1n) is 11.4. The maximum Gasteiger partial charge on any atom is 0.343 e. The highest BCUT2D eigenvalue weighted by Crippen LogP contribution is 2.17. The molecule has 4 nitrogen and oxygen atoms in total. The summed E-state index contributed by atoms with van der Waals surface area (Å²) in [7, 11) is 0. The van der Waals surface area contributed by atoms with Crippen molar-refractivity contribution in [2.45, 2.75) is 45.4 Å². The fourth-order valence-electron chi connectivity index (χ4n) is 3.21. The van der Waals surface area contributed by atoms with Crippen LogP contribution in [-0.2, 0) is 0 Å². The maximum absolute atomic E-state index is 12.4. The van der Waals surface area contributed by atoms with Crippen molar-refractivity contribution in [2.24, 2.45) is 4.99 Å². The second-order valence-electron chi connectivity index (χ2n) is 7.69. The summed E-state index contributed by atoms with van der Waals surface area (Å²) in [6.45, 7) is 2.93. The molecule has 3 aromatic rings. The highest BCUT2D eigenvalue weighted by atomic mass is 16.5. The second kappa shape index (κ2) is 13.1. The number of hydrogen-bond acceptors (Lipinski definition) is 4. The molecule has 0 spiro atoms. The number of aliphatic imine (C=N–C) groups is 1. The van der Waals surface area contributed by atoms with E-state index in [9.17, 15) is 4.79 Å². The minimum Gasteiger partial charge on any atom is -0.494 e. The van der Waals surface area contributed by atoms with Gasteiger partial charge in [-0.2, -0.15) is 0 Å². The van der Waals surface area contributed by atoms with Gasteiger partial charge in [0.25, 0.3) is 0 Å². The topological polar surface area (TPSA) is 47.9 Å². The van der Waals surface area contributed by atoms with E-state index in [1.165, 1.54) is 32.1 Å². The van der Waals surface area contributed by atoms with E-state index in [1.807, 2.05) is 54.6 Å². The molecule has 0 amide bonds. The van der Waals surface area contributed by atoms with Crippen LogP contribution in [0.1, 0.15) is 61.4 Å². The van der Waals surface area contributed by atoms with E-state index in [0.29, 0.717) is 17.9 Å². The molecule has 0 aromatic heterocycles. The summed E-state index contributed by atoms with van der Waals surface area (Å²) in [5.41, 5.74) is 2.31. The van der Waals surface area contributed by atoms with Gasteiger partial charge in [0.1, 0.15) is 11.5 Å². The highest BCUT2D eigenvalue weighted by molar-refractivity contribution is 5.91. The van der Waals surface area contributed by atoms with Gasteiger partial charge in [0, 0.05) is 6.21 Å². The Labute approximate surface area is 190 Å². The van der Waals surface area contributed by atoms with Crippen molar-refractivity contribution < 1.29 is 14.3 Å². The predicted octanol–water partition coefficient (Wildman–Crippen LogP) is 7.40.